The van der Waals surface area contributed by atoms with Crippen LogP contribution in [0.25, 0.3) is 0 Å². The molecule has 2 N–H and O–H groups in total. The van der Waals surface area contributed by atoms with Crippen LogP contribution in [0.1, 0.15) is 53.4 Å². The van der Waals surface area contributed by atoms with E-state index in [0.717, 1.165) is 0 Å². The molecule has 0 aromatic heterocycles. The number of carbonyl (C=O) groups is 3. The van der Waals surface area contributed by atoms with E-state index in [9.17, 15) is 24.6 Å². The van der Waals surface area contributed by atoms with Crippen molar-refractivity contribution < 1.29 is 38.5 Å². The maximum Gasteiger partial charge on any atom is 0.509 e. The van der Waals surface area contributed by atoms with E-state index in [1.165, 1.54) is 12.2 Å². The minimum Gasteiger partial charge on any atom is -0.478 e. The normalized spacial score (nSPS) is 47.1. The van der Waals surface area contributed by atoms with Crippen molar-refractivity contribution in [3.8, 4) is 0 Å². The van der Waals surface area contributed by atoms with Gasteiger partial charge in [0.05, 0.1) is 12.7 Å². The van der Waals surface area contributed by atoms with Crippen LogP contribution in [0.3, 0.4) is 0 Å². The molecule has 3 fully saturated rings. The van der Waals surface area contributed by atoms with Gasteiger partial charge < -0.3 is 19.7 Å². The molecule has 0 spiro atoms. The van der Waals surface area contributed by atoms with Gasteiger partial charge in [-0.3, -0.25) is 4.79 Å². The molecule has 8 heteroatoms. The predicted molar refractivity (Wildman–Crippen MR) is 111 cm³/mol. The van der Waals surface area contributed by atoms with E-state index in [1.54, 1.807) is 33.8 Å². The number of carboxylic acids is 1. The first kappa shape index (κ1) is 23.0. The molecular weight excluding hydrogens is 419 g/mol. The number of aliphatic hydroxyl groups excluding tert-OH is 1. The fraction of sp³-hybridized carbons (Fsp3) is 0.708. The van der Waals surface area contributed by atoms with E-state index >= 15 is 4.39 Å². The fourth-order valence-corrected chi connectivity index (χ4v) is 7.53. The Bertz CT molecular complexity index is 927. The number of allylic oxidation sites excluding steroid dienone is 4. The summed E-state index contributed by atoms with van der Waals surface area (Å²) >= 11 is 0. The molecule has 176 valence electrons. The van der Waals surface area contributed by atoms with Gasteiger partial charge >= 0.3 is 12.1 Å². The maximum absolute atomic E-state index is 17.1. The molecule has 0 unspecified atom stereocenters. The molecule has 0 saturated heterocycles. The molecule has 0 radical (unpaired) electrons. The topological polar surface area (TPSA) is 110 Å². The number of hydrogen-bond donors (Lipinski definition) is 2. The summed E-state index contributed by atoms with van der Waals surface area (Å²) in [6.45, 7) is 6.71. The average molecular weight is 451 g/mol. The van der Waals surface area contributed by atoms with Gasteiger partial charge in [-0.2, -0.15) is 0 Å². The van der Waals surface area contributed by atoms with Crippen molar-refractivity contribution in [3.63, 3.8) is 0 Å². The number of halogens is 1. The first-order valence-corrected chi connectivity index (χ1v) is 11.3. The number of ketones is 1. The minimum atomic E-state index is -2.07. The second-order valence-corrected chi connectivity index (χ2v) is 10.2. The lowest BCUT2D eigenvalue weighted by Crippen LogP contribution is -2.69. The zero-order valence-corrected chi connectivity index (χ0v) is 18.9. The summed E-state index contributed by atoms with van der Waals surface area (Å²) in [5.41, 5.74) is -5.72. The van der Waals surface area contributed by atoms with Crippen LogP contribution in [0.4, 0.5) is 9.18 Å². The number of alkyl halides is 1. The highest BCUT2D eigenvalue weighted by Crippen LogP contribution is 2.71. The maximum atomic E-state index is 17.1. The van der Waals surface area contributed by atoms with Gasteiger partial charge in [-0.25, -0.2) is 14.0 Å². The van der Waals surface area contributed by atoms with Crippen molar-refractivity contribution in [2.45, 2.75) is 70.8 Å². The Morgan fingerprint density at radius 2 is 1.97 bits per heavy atom. The first-order chi connectivity index (χ1) is 14.9. The number of carboxylic acid groups (broad SMARTS) is 1. The van der Waals surface area contributed by atoms with E-state index in [1.807, 2.05) is 0 Å². The SMILES string of the molecule is CCOC(=O)O[C@@]1(C(=O)O)[C@H](C)C[C@H]2[C@@H]3CCC4=CC(=O)C=C[C@]4(C)[C@@]3(F)[C@@H](O)C[C@@]21C. The van der Waals surface area contributed by atoms with Crippen molar-refractivity contribution in [1.82, 2.24) is 0 Å². The first-order valence-electron chi connectivity index (χ1n) is 11.3. The minimum absolute atomic E-state index is 0.0282. The van der Waals surface area contributed by atoms with Gasteiger partial charge in [-0.1, -0.05) is 25.5 Å². The van der Waals surface area contributed by atoms with Gasteiger partial charge in [0, 0.05) is 22.7 Å². The molecule has 0 bridgehead atoms. The Balaban J connectivity index is 1.82. The van der Waals surface area contributed by atoms with Crippen molar-refractivity contribution in [2.75, 3.05) is 6.61 Å². The zero-order chi connectivity index (χ0) is 23.7. The number of aliphatic hydroxyl groups is 1. The van der Waals surface area contributed by atoms with Gasteiger partial charge in [-0.15, -0.1) is 0 Å². The molecule has 0 heterocycles. The molecule has 3 saturated carbocycles. The molecular formula is C24H31FO7. The van der Waals surface area contributed by atoms with Crippen LogP contribution < -0.4 is 0 Å². The molecule has 8 atom stereocenters. The molecule has 0 aliphatic heterocycles. The molecule has 7 nitrogen and oxygen atoms in total. The number of ether oxygens (including phenoxy) is 2. The lowest BCUT2D eigenvalue weighted by molar-refractivity contribution is -0.228. The second kappa shape index (κ2) is 7.14. The molecule has 32 heavy (non-hydrogen) atoms. The Kier molecular flexibility index (Phi) is 5.12. The summed E-state index contributed by atoms with van der Waals surface area (Å²) in [5, 5.41) is 21.6. The average Bonchev–Trinajstić information content (AvgIpc) is 2.92. The zero-order valence-electron chi connectivity index (χ0n) is 18.9. The molecule has 4 rings (SSSR count). The summed E-state index contributed by atoms with van der Waals surface area (Å²) < 4.78 is 27.5. The van der Waals surface area contributed by atoms with Gasteiger partial charge in [0.15, 0.2) is 11.5 Å². The predicted octanol–water partition coefficient (Wildman–Crippen LogP) is 3.60. The van der Waals surface area contributed by atoms with Crippen LogP contribution in [0.15, 0.2) is 23.8 Å². The summed E-state index contributed by atoms with van der Waals surface area (Å²) in [7, 11) is 0. The highest BCUT2D eigenvalue weighted by molar-refractivity contribution is 6.01. The quantitative estimate of drug-likeness (QED) is 0.632. The monoisotopic (exact) mass is 450 g/mol. The standard InChI is InChI=1S/C24H31FO7/c1-5-31-20(30)32-24(19(28)29)13(2)10-17-16-7-6-14-11-15(26)8-9-21(14,3)23(16,25)18(27)12-22(17,24)4/h8-9,11,13,16-18,27H,5-7,10,12H2,1-4H3,(H,28,29)/t13-,16+,17+,18+,21+,22+,23+,24-/m1/s1. The van der Waals surface area contributed by atoms with Crippen LogP contribution >= 0.6 is 0 Å². The summed E-state index contributed by atoms with van der Waals surface area (Å²) in [5.74, 6) is -3.22. The van der Waals surface area contributed by atoms with Gasteiger partial charge in [0.2, 0.25) is 5.60 Å². The number of carbonyl (C=O) groups excluding carboxylic acids is 2. The van der Waals surface area contributed by atoms with E-state index in [4.69, 9.17) is 9.47 Å². The Morgan fingerprint density at radius 1 is 1.28 bits per heavy atom. The third-order valence-electron chi connectivity index (χ3n) is 9.01. The Hall–Kier alpha value is -2.22. The van der Waals surface area contributed by atoms with Gasteiger partial charge in [0.25, 0.3) is 0 Å². The summed E-state index contributed by atoms with van der Waals surface area (Å²) in [6, 6.07) is 0. The molecule has 0 aromatic rings. The largest absolute Gasteiger partial charge is 0.509 e. The second-order valence-electron chi connectivity index (χ2n) is 10.2. The number of hydrogen-bond acceptors (Lipinski definition) is 6. The van der Waals surface area contributed by atoms with Crippen molar-refractivity contribution in [1.29, 1.82) is 0 Å². The van der Waals surface area contributed by atoms with Crippen LogP contribution in [0.2, 0.25) is 0 Å². The Labute approximate surface area is 186 Å². The fourth-order valence-electron chi connectivity index (χ4n) is 7.53. The van der Waals surface area contributed by atoms with Crippen LogP contribution in [-0.4, -0.2) is 52.1 Å². The third-order valence-corrected chi connectivity index (χ3v) is 9.01. The molecule has 4 aliphatic carbocycles. The molecule has 0 aromatic carbocycles. The van der Waals surface area contributed by atoms with E-state index < -0.39 is 58.1 Å². The van der Waals surface area contributed by atoms with E-state index in [0.29, 0.717) is 24.8 Å². The Morgan fingerprint density at radius 3 is 2.59 bits per heavy atom. The third kappa shape index (κ3) is 2.59. The highest BCUT2D eigenvalue weighted by atomic mass is 19.1. The van der Waals surface area contributed by atoms with Crippen molar-refractivity contribution >= 4 is 17.9 Å². The van der Waals surface area contributed by atoms with Crippen LogP contribution in [0, 0.1) is 28.6 Å². The number of aliphatic carboxylic acids is 1. The van der Waals surface area contributed by atoms with Gasteiger partial charge in [0.1, 0.15) is 0 Å². The molecule has 0 amide bonds. The highest BCUT2D eigenvalue weighted by Gasteiger charge is 2.77. The summed E-state index contributed by atoms with van der Waals surface area (Å²) in [4.78, 5) is 36.8. The van der Waals surface area contributed by atoms with Crippen molar-refractivity contribution in [3.05, 3.63) is 23.8 Å². The van der Waals surface area contributed by atoms with Gasteiger partial charge in [-0.05, 0) is 57.6 Å². The van der Waals surface area contributed by atoms with Crippen LogP contribution in [-0.2, 0) is 19.1 Å². The number of fused-ring (bicyclic) bond motifs is 5. The van der Waals surface area contributed by atoms with Crippen molar-refractivity contribution in [2.24, 2.45) is 28.6 Å². The summed E-state index contributed by atoms with van der Waals surface area (Å²) in [6.07, 6.45) is 2.78. The molecule has 4 aliphatic rings. The van der Waals surface area contributed by atoms with E-state index in [2.05, 4.69) is 0 Å². The lowest BCUT2D eigenvalue weighted by Gasteiger charge is -2.62. The smallest absolute Gasteiger partial charge is 0.478 e. The van der Waals surface area contributed by atoms with Crippen LogP contribution in [0.5, 0.6) is 0 Å². The van der Waals surface area contributed by atoms with E-state index in [-0.39, 0.29) is 18.8 Å². The lowest BCUT2D eigenvalue weighted by atomic mass is 9.45. The number of rotatable bonds is 3.